The van der Waals surface area contributed by atoms with Gasteiger partial charge in [0.2, 0.25) is 0 Å². The van der Waals surface area contributed by atoms with Crippen LogP contribution in [0, 0.1) is 0 Å². The van der Waals surface area contributed by atoms with E-state index in [1.54, 1.807) is 18.3 Å². The van der Waals surface area contributed by atoms with Crippen LogP contribution in [0.25, 0.3) is 0 Å². The van der Waals surface area contributed by atoms with Crippen LogP contribution < -0.4 is 5.32 Å². The van der Waals surface area contributed by atoms with Crippen LogP contribution in [0.4, 0.5) is 0 Å². The first-order valence-electron chi connectivity index (χ1n) is 6.24. The molecule has 0 fully saturated rings. The molecule has 1 aliphatic rings. The number of fused-ring (bicyclic) bond motifs is 1. The second kappa shape index (κ2) is 5.65. The highest BCUT2D eigenvalue weighted by atomic mass is 32.1. The van der Waals surface area contributed by atoms with Gasteiger partial charge in [0.15, 0.2) is 0 Å². The Balaban J connectivity index is 2.09. The zero-order valence-electron chi connectivity index (χ0n) is 10.2. The normalized spacial score (nSPS) is 17.1. The fourth-order valence-electron chi connectivity index (χ4n) is 2.12. The Morgan fingerprint density at radius 1 is 1.47 bits per heavy atom. The standard InChI is InChI=1S/C13H19NO2S/c1-9(8-15)14-13(16)12-7-10-5-3-2-4-6-11(10)17-12/h7,9,15H,2-6,8H2,1H3,(H,14,16)/t9-/m0/s1. The summed E-state index contributed by atoms with van der Waals surface area (Å²) in [6, 6.07) is 1.86. The molecule has 94 valence electrons. The summed E-state index contributed by atoms with van der Waals surface area (Å²) in [5.41, 5.74) is 1.36. The summed E-state index contributed by atoms with van der Waals surface area (Å²) in [5, 5.41) is 11.7. The van der Waals surface area contributed by atoms with E-state index < -0.39 is 0 Å². The van der Waals surface area contributed by atoms with E-state index in [0.29, 0.717) is 0 Å². The summed E-state index contributed by atoms with van der Waals surface area (Å²) in [6.45, 7) is 1.79. The Morgan fingerprint density at radius 2 is 2.24 bits per heavy atom. The molecule has 1 amide bonds. The van der Waals surface area contributed by atoms with Crippen molar-refractivity contribution in [1.29, 1.82) is 0 Å². The van der Waals surface area contributed by atoms with Gasteiger partial charge < -0.3 is 10.4 Å². The Kier molecular flexibility index (Phi) is 4.18. The van der Waals surface area contributed by atoms with Gasteiger partial charge in [0.05, 0.1) is 11.5 Å². The van der Waals surface area contributed by atoms with Crippen molar-refractivity contribution in [3.8, 4) is 0 Å². The van der Waals surface area contributed by atoms with E-state index in [4.69, 9.17) is 5.11 Å². The molecule has 17 heavy (non-hydrogen) atoms. The molecule has 3 nitrogen and oxygen atoms in total. The molecule has 0 bridgehead atoms. The highest BCUT2D eigenvalue weighted by Crippen LogP contribution is 2.28. The lowest BCUT2D eigenvalue weighted by molar-refractivity contribution is 0.0926. The average Bonchev–Trinajstić information content (AvgIpc) is 2.61. The maximum Gasteiger partial charge on any atom is 0.261 e. The third-order valence-electron chi connectivity index (χ3n) is 3.12. The first-order valence-corrected chi connectivity index (χ1v) is 7.05. The zero-order valence-corrected chi connectivity index (χ0v) is 11.0. The maximum absolute atomic E-state index is 11.9. The summed E-state index contributed by atoms with van der Waals surface area (Å²) in [7, 11) is 0. The lowest BCUT2D eigenvalue weighted by Crippen LogP contribution is -2.34. The van der Waals surface area contributed by atoms with Crippen molar-refractivity contribution in [3.05, 3.63) is 21.4 Å². The number of aryl methyl sites for hydroxylation is 2. The number of amides is 1. The van der Waals surface area contributed by atoms with Gasteiger partial charge in [-0.15, -0.1) is 11.3 Å². The predicted octanol–water partition coefficient (Wildman–Crippen LogP) is 2.13. The number of thiophene rings is 1. The summed E-state index contributed by atoms with van der Waals surface area (Å²) < 4.78 is 0. The monoisotopic (exact) mass is 253 g/mol. The highest BCUT2D eigenvalue weighted by Gasteiger charge is 2.17. The van der Waals surface area contributed by atoms with Crippen LogP contribution >= 0.6 is 11.3 Å². The molecule has 4 heteroatoms. The number of hydrogen-bond acceptors (Lipinski definition) is 3. The average molecular weight is 253 g/mol. The van der Waals surface area contributed by atoms with Crippen LogP contribution in [0.3, 0.4) is 0 Å². The molecule has 1 heterocycles. The van der Waals surface area contributed by atoms with Crippen molar-refractivity contribution in [1.82, 2.24) is 5.32 Å². The van der Waals surface area contributed by atoms with Gasteiger partial charge in [-0.2, -0.15) is 0 Å². The molecule has 0 saturated carbocycles. The molecular weight excluding hydrogens is 234 g/mol. The van der Waals surface area contributed by atoms with Crippen molar-refractivity contribution in [2.45, 2.75) is 45.1 Å². The van der Waals surface area contributed by atoms with Crippen molar-refractivity contribution in [3.63, 3.8) is 0 Å². The molecule has 0 unspecified atom stereocenters. The summed E-state index contributed by atoms with van der Waals surface area (Å²) in [6.07, 6.45) is 5.99. The Hall–Kier alpha value is -0.870. The van der Waals surface area contributed by atoms with Gasteiger partial charge in [-0.3, -0.25) is 4.79 Å². The smallest absolute Gasteiger partial charge is 0.261 e. The maximum atomic E-state index is 11.9. The minimum atomic E-state index is -0.176. The number of carbonyl (C=O) groups excluding carboxylic acids is 1. The number of rotatable bonds is 3. The largest absolute Gasteiger partial charge is 0.394 e. The summed E-state index contributed by atoms with van der Waals surface area (Å²) >= 11 is 1.62. The SMILES string of the molecule is C[C@@H](CO)NC(=O)c1cc2c(s1)CCCCC2. The highest BCUT2D eigenvalue weighted by molar-refractivity contribution is 7.14. The fourth-order valence-corrected chi connectivity index (χ4v) is 3.28. The van der Waals surface area contributed by atoms with Gasteiger partial charge in [-0.05, 0) is 44.2 Å². The number of nitrogens with one attached hydrogen (secondary N) is 1. The van der Waals surface area contributed by atoms with Crippen molar-refractivity contribution in [2.75, 3.05) is 6.61 Å². The lowest BCUT2D eigenvalue weighted by Gasteiger charge is -2.08. The molecular formula is C13H19NO2S. The van der Waals surface area contributed by atoms with Crippen molar-refractivity contribution >= 4 is 17.2 Å². The number of aliphatic hydroxyl groups is 1. The predicted molar refractivity (Wildman–Crippen MR) is 69.6 cm³/mol. The summed E-state index contributed by atoms with van der Waals surface area (Å²) in [4.78, 5) is 14.1. The van der Waals surface area contributed by atoms with E-state index >= 15 is 0 Å². The minimum Gasteiger partial charge on any atom is -0.394 e. The summed E-state index contributed by atoms with van der Waals surface area (Å²) in [5.74, 6) is -0.0513. The van der Waals surface area contributed by atoms with Gasteiger partial charge in [-0.25, -0.2) is 0 Å². The molecule has 1 aromatic rings. The zero-order chi connectivity index (χ0) is 12.3. The third kappa shape index (κ3) is 3.07. The van der Waals surface area contributed by atoms with Crippen LogP contribution in [0.15, 0.2) is 6.07 Å². The molecule has 0 aromatic carbocycles. The van der Waals surface area contributed by atoms with E-state index in [1.807, 2.05) is 6.07 Å². The van der Waals surface area contributed by atoms with Crippen molar-refractivity contribution < 1.29 is 9.90 Å². The van der Waals surface area contributed by atoms with Crippen LogP contribution in [-0.4, -0.2) is 23.7 Å². The van der Waals surface area contributed by atoms with Gasteiger partial charge in [-0.1, -0.05) is 6.42 Å². The fraction of sp³-hybridized carbons (Fsp3) is 0.615. The minimum absolute atomic E-state index is 0.0170. The molecule has 1 aromatic heterocycles. The Morgan fingerprint density at radius 3 is 3.00 bits per heavy atom. The third-order valence-corrected chi connectivity index (χ3v) is 4.36. The number of aliphatic hydroxyl groups excluding tert-OH is 1. The molecule has 2 N–H and O–H groups in total. The quantitative estimate of drug-likeness (QED) is 0.811. The van der Waals surface area contributed by atoms with Crippen LogP contribution in [0.1, 0.15) is 46.3 Å². The van der Waals surface area contributed by atoms with E-state index in [0.717, 1.165) is 17.7 Å². The number of hydrogen-bond donors (Lipinski definition) is 2. The Bertz CT molecular complexity index is 377. The van der Waals surface area contributed by atoms with Gasteiger partial charge >= 0.3 is 0 Å². The lowest BCUT2D eigenvalue weighted by atomic mass is 10.1. The molecule has 1 aliphatic carbocycles. The van der Waals surface area contributed by atoms with Gasteiger partial charge in [0, 0.05) is 10.9 Å². The van der Waals surface area contributed by atoms with E-state index in [2.05, 4.69) is 5.32 Å². The first-order chi connectivity index (χ1) is 8.20. The second-order valence-electron chi connectivity index (χ2n) is 4.68. The first kappa shape index (κ1) is 12.6. The van der Waals surface area contributed by atoms with Gasteiger partial charge in [0.1, 0.15) is 0 Å². The second-order valence-corrected chi connectivity index (χ2v) is 5.81. The molecule has 0 radical (unpaired) electrons. The molecule has 0 spiro atoms. The van der Waals surface area contributed by atoms with Gasteiger partial charge in [0.25, 0.3) is 5.91 Å². The number of carbonyl (C=O) groups is 1. The molecule has 0 saturated heterocycles. The van der Waals surface area contributed by atoms with E-state index in [-0.39, 0.29) is 18.6 Å². The van der Waals surface area contributed by atoms with Crippen LogP contribution in [0.5, 0.6) is 0 Å². The van der Waals surface area contributed by atoms with E-state index in [1.165, 1.54) is 29.7 Å². The Labute approximate surface area is 106 Å². The topological polar surface area (TPSA) is 49.3 Å². The molecule has 0 aliphatic heterocycles. The van der Waals surface area contributed by atoms with Crippen LogP contribution in [-0.2, 0) is 12.8 Å². The molecule has 1 atom stereocenters. The van der Waals surface area contributed by atoms with Crippen LogP contribution in [0.2, 0.25) is 0 Å². The van der Waals surface area contributed by atoms with Crippen molar-refractivity contribution in [2.24, 2.45) is 0 Å². The molecule has 2 rings (SSSR count). The van der Waals surface area contributed by atoms with E-state index in [9.17, 15) is 4.79 Å².